The molecule has 32 heavy (non-hydrogen) atoms. The van der Waals surface area contributed by atoms with Crippen LogP contribution in [-0.4, -0.2) is 12.5 Å². The first-order chi connectivity index (χ1) is 15.6. The average molecular weight is 426 g/mol. The number of benzene rings is 3. The molecule has 0 unspecified atom stereocenters. The number of ether oxygens (including phenoxy) is 1. The molecule has 0 atom stereocenters. The summed E-state index contributed by atoms with van der Waals surface area (Å²) in [6.45, 7) is 0.521. The van der Waals surface area contributed by atoms with Gasteiger partial charge in [0.1, 0.15) is 18.2 Å². The van der Waals surface area contributed by atoms with Crippen LogP contribution in [0.1, 0.15) is 18.4 Å². The molecule has 4 heteroatoms. The number of hydrogen-bond donors (Lipinski definition) is 1. The summed E-state index contributed by atoms with van der Waals surface area (Å²) >= 11 is 0. The summed E-state index contributed by atoms with van der Waals surface area (Å²) in [5, 5.41) is 0. The third-order valence-corrected chi connectivity index (χ3v) is 5.26. The van der Waals surface area contributed by atoms with E-state index in [2.05, 4.69) is 18.2 Å². The van der Waals surface area contributed by atoms with Gasteiger partial charge in [-0.05, 0) is 82.6 Å². The van der Waals surface area contributed by atoms with Gasteiger partial charge in [-0.3, -0.25) is 4.79 Å². The smallest absolute Gasteiger partial charge is 0.241 e. The molecule has 0 saturated carbocycles. The maximum atomic E-state index is 13.7. The minimum Gasteiger partial charge on any atom is -0.489 e. The Labute approximate surface area is 187 Å². The van der Waals surface area contributed by atoms with Crippen LogP contribution in [0.15, 0.2) is 96.6 Å². The minimum absolute atomic E-state index is 0.298. The Kier molecular flexibility index (Phi) is 6.61. The summed E-state index contributed by atoms with van der Waals surface area (Å²) in [4.78, 5) is 11.4. The van der Waals surface area contributed by atoms with Crippen LogP contribution >= 0.6 is 0 Å². The molecule has 1 aliphatic rings. The Morgan fingerprint density at radius 2 is 1.78 bits per heavy atom. The summed E-state index contributed by atoms with van der Waals surface area (Å²) < 4.78 is 19.7. The van der Waals surface area contributed by atoms with E-state index in [-0.39, 0.29) is 5.82 Å². The maximum Gasteiger partial charge on any atom is 0.241 e. The number of allylic oxidation sites excluding steroid dienone is 2. The number of rotatable bonds is 7. The first-order valence-electron chi connectivity index (χ1n) is 10.5. The maximum absolute atomic E-state index is 13.7. The summed E-state index contributed by atoms with van der Waals surface area (Å²) in [6.07, 6.45) is 11.6. The van der Waals surface area contributed by atoms with Gasteiger partial charge >= 0.3 is 0 Å². The van der Waals surface area contributed by atoms with E-state index in [9.17, 15) is 9.18 Å². The van der Waals surface area contributed by atoms with Gasteiger partial charge in [0.25, 0.3) is 0 Å². The molecular formula is C28H24FNO2. The fraction of sp³-hybridized carbons (Fsp3) is 0.107. The van der Waals surface area contributed by atoms with E-state index in [0.29, 0.717) is 6.61 Å². The van der Waals surface area contributed by atoms with E-state index in [1.807, 2.05) is 48.5 Å². The third-order valence-electron chi connectivity index (χ3n) is 5.26. The van der Waals surface area contributed by atoms with Crippen LogP contribution in [0.5, 0.6) is 5.75 Å². The van der Waals surface area contributed by atoms with Gasteiger partial charge in [0, 0.05) is 6.08 Å². The van der Waals surface area contributed by atoms with Crippen LogP contribution in [0, 0.1) is 5.82 Å². The highest BCUT2D eigenvalue weighted by molar-refractivity contribution is 5.92. The molecule has 0 bridgehead atoms. The predicted molar refractivity (Wildman–Crippen MR) is 127 cm³/mol. The number of halogens is 1. The van der Waals surface area contributed by atoms with Gasteiger partial charge in [-0.25, -0.2) is 4.39 Å². The van der Waals surface area contributed by atoms with Crippen LogP contribution in [0.3, 0.4) is 0 Å². The lowest BCUT2D eigenvalue weighted by Crippen LogP contribution is -2.05. The molecule has 0 fully saturated rings. The van der Waals surface area contributed by atoms with Gasteiger partial charge in [0.2, 0.25) is 5.91 Å². The Hall–Kier alpha value is -3.92. The van der Waals surface area contributed by atoms with Gasteiger partial charge in [0.15, 0.2) is 0 Å². The number of carbonyl (C=O) groups is 1. The van der Waals surface area contributed by atoms with Crippen molar-refractivity contribution in [1.29, 1.82) is 0 Å². The van der Waals surface area contributed by atoms with Crippen molar-refractivity contribution < 1.29 is 13.9 Å². The fourth-order valence-corrected chi connectivity index (χ4v) is 3.68. The molecule has 3 nitrogen and oxygen atoms in total. The Bertz CT molecular complexity index is 1220. The topological polar surface area (TPSA) is 52.3 Å². The molecule has 0 spiro atoms. The average Bonchev–Trinajstić information content (AvgIpc) is 2.82. The Balaban J connectivity index is 1.66. The molecule has 160 valence electrons. The highest BCUT2D eigenvalue weighted by Gasteiger charge is 2.09. The van der Waals surface area contributed by atoms with Crippen molar-refractivity contribution in [3.05, 3.63) is 108 Å². The molecule has 3 aromatic carbocycles. The van der Waals surface area contributed by atoms with Crippen LogP contribution < -0.4 is 10.5 Å². The van der Waals surface area contributed by atoms with E-state index in [1.54, 1.807) is 12.1 Å². The second kappa shape index (κ2) is 9.92. The van der Waals surface area contributed by atoms with Crippen LogP contribution in [0.2, 0.25) is 0 Å². The molecule has 0 aliphatic heterocycles. The van der Waals surface area contributed by atoms with Crippen molar-refractivity contribution in [3.63, 3.8) is 0 Å². The van der Waals surface area contributed by atoms with Crippen LogP contribution in [0.25, 0.3) is 28.3 Å². The fourth-order valence-electron chi connectivity index (χ4n) is 3.68. The van der Waals surface area contributed by atoms with E-state index in [0.717, 1.165) is 46.4 Å². The van der Waals surface area contributed by atoms with Gasteiger partial charge in [-0.2, -0.15) is 0 Å². The lowest BCUT2D eigenvalue weighted by Gasteiger charge is -2.13. The lowest BCUT2D eigenvalue weighted by molar-refractivity contribution is -0.113. The second-order valence-corrected chi connectivity index (χ2v) is 7.62. The van der Waals surface area contributed by atoms with E-state index in [1.165, 1.54) is 23.8 Å². The van der Waals surface area contributed by atoms with Crippen molar-refractivity contribution in [1.82, 2.24) is 0 Å². The molecule has 4 rings (SSSR count). The van der Waals surface area contributed by atoms with Gasteiger partial charge in [-0.15, -0.1) is 0 Å². The zero-order valence-corrected chi connectivity index (χ0v) is 17.6. The third kappa shape index (κ3) is 5.41. The van der Waals surface area contributed by atoms with Crippen molar-refractivity contribution in [2.45, 2.75) is 12.8 Å². The summed E-state index contributed by atoms with van der Waals surface area (Å²) in [7, 11) is 0. The van der Waals surface area contributed by atoms with E-state index < -0.39 is 5.91 Å². The number of nitrogens with two attached hydrogens (primary N) is 1. The van der Waals surface area contributed by atoms with Crippen molar-refractivity contribution in [3.8, 4) is 28.0 Å². The summed E-state index contributed by atoms with van der Waals surface area (Å²) in [5.74, 6) is -0.0620. The van der Waals surface area contributed by atoms with Crippen molar-refractivity contribution in [2.75, 3.05) is 6.61 Å². The Morgan fingerprint density at radius 1 is 0.969 bits per heavy atom. The predicted octanol–water partition coefficient (Wildman–Crippen LogP) is 6.31. The second-order valence-electron chi connectivity index (χ2n) is 7.62. The van der Waals surface area contributed by atoms with Gasteiger partial charge in [0.05, 0.1) is 0 Å². The quantitative estimate of drug-likeness (QED) is 0.451. The molecule has 0 radical (unpaired) electrons. The molecule has 0 aromatic heterocycles. The first kappa shape index (κ1) is 21.3. The number of hydrogen-bond acceptors (Lipinski definition) is 2. The molecule has 1 amide bonds. The van der Waals surface area contributed by atoms with E-state index >= 15 is 0 Å². The van der Waals surface area contributed by atoms with Crippen molar-refractivity contribution in [2.24, 2.45) is 5.73 Å². The minimum atomic E-state index is -0.530. The van der Waals surface area contributed by atoms with Crippen LogP contribution in [0.4, 0.5) is 4.39 Å². The monoisotopic (exact) mass is 425 g/mol. The SMILES string of the molecule is NC(=O)/C=C/c1cc(-c2cccc(F)c2)ccc1-c1cccc(OCC2=CCCC=C2)c1. The molecule has 2 N–H and O–H groups in total. The van der Waals surface area contributed by atoms with Crippen LogP contribution in [-0.2, 0) is 4.79 Å². The molecule has 3 aromatic rings. The number of amides is 1. The Morgan fingerprint density at radius 3 is 2.56 bits per heavy atom. The first-order valence-corrected chi connectivity index (χ1v) is 10.5. The molecule has 1 aliphatic carbocycles. The van der Waals surface area contributed by atoms with Gasteiger partial charge in [-0.1, -0.05) is 54.6 Å². The summed E-state index contributed by atoms with van der Waals surface area (Å²) in [6, 6.07) is 20.1. The highest BCUT2D eigenvalue weighted by atomic mass is 19.1. The van der Waals surface area contributed by atoms with Crippen molar-refractivity contribution >= 4 is 12.0 Å². The largest absolute Gasteiger partial charge is 0.489 e. The van der Waals surface area contributed by atoms with E-state index in [4.69, 9.17) is 10.5 Å². The molecule has 0 heterocycles. The normalized spacial score (nSPS) is 13.2. The zero-order valence-electron chi connectivity index (χ0n) is 17.6. The zero-order chi connectivity index (χ0) is 22.3. The number of primary amides is 1. The standard InChI is InChI=1S/C28H24FNO2/c29-25-10-4-8-21(17-25)22-12-14-27(24(16-22)13-15-28(30)31)23-9-5-11-26(18-23)32-19-20-6-2-1-3-7-20/h2,4-18H,1,3,19H2,(H2,30,31)/b15-13+. The molecular weight excluding hydrogens is 401 g/mol. The summed E-state index contributed by atoms with van der Waals surface area (Å²) in [5.41, 5.74) is 10.8. The lowest BCUT2D eigenvalue weighted by atomic mass is 9.94. The number of carbonyl (C=O) groups excluding carboxylic acids is 1. The molecule has 0 saturated heterocycles. The highest BCUT2D eigenvalue weighted by Crippen LogP contribution is 2.32. The van der Waals surface area contributed by atoms with Gasteiger partial charge < -0.3 is 10.5 Å².